The Kier molecular flexibility index (Phi) is 5.92. The van der Waals surface area contributed by atoms with Crippen molar-refractivity contribution in [3.05, 3.63) is 58.6 Å². The summed E-state index contributed by atoms with van der Waals surface area (Å²) in [5.41, 5.74) is 2.59. The van der Waals surface area contributed by atoms with Gasteiger partial charge >= 0.3 is 0 Å². The Morgan fingerprint density at radius 3 is 2.56 bits per heavy atom. The van der Waals surface area contributed by atoms with Gasteiger partial charge in [-0.2, -0.15) is 4.80 Å². The number of amides is 2. The second-order valence-corrected chi connectivity index (χ2v) is 6.67. The predicted molar refractivity (Wildman–Crippen MR) is 104 cm³/mol. The molecule has 0 radical (unpaired) electrons. The van der Waals surface area contributed by atoms with Crippen LogP contribution in [0.1, 0.15) is 5.56 Å². The van der Waals surface area contributed by atoms with E-state index in [1.165, 1.54) is 4.80 Å². The minimum absolute atomic E-state index is 0.124. The van der Waals surface area contributed by atoms with Crippen molar-refractivity contribution in [2.45, 2.75) is 13.5 Å². The van der Waals surface area contributed by atoms with Gasteiger partial charge in [0.1, 0.15) is 6.54 Å². The lowest BCUT2D eigenvalue weighted by Crippen LogP contribution is -2.35. The highest BCUT2D eigenvalue weighted by Crippen LogP contribution is 2.20. The van der Waals surface area contributed by atoms with Crippen molar-refractivity contribution in [2.75, 3.05) is 11.9 Å². The van der Waals surface area contributed by atoms with Gasteiger partial charge in [-0.1, -0.05) is 42.0 Å². The second-order valence-electron chi connectivity index (χ2n) is 5.81. The van der Waals surface area contributed by atoms with Gasteiger partial charge in [-0.05, 0) is 40.2 Å². The summed E-state index contributed by atoms with van der Waals surface area (Å²) in [6, 6.07) is 14.9. The van der Waals surface area contributed by atoms with Crippen LogP contribution in [0.15, 0.2) is 53.0 Å². The molecule has 2 amide bonds. The SMILES string of the molecule is Cc1ccc(-c2nnn(CC(=O)NCC(=O)Nc3ccccc3Br)n2)cc1. The van der Waals surface area contributed by atoms with Crippen molar-refractivity contribution in [1.29, 1.82) is 0 Å². The summed E-state index contributed by atoms with van der Waals surface area (Å²) in [6.07, 6.45) is 0. The molecule has 0 unspecified atom stereocenters. The summed E-state index contributed by atoms with van der Waals surface area (Å²) in [4.78, 5) is 25.1. The minimum atomic E-state index is -0.384. The summed E-state index contributed by atoms with van der Waals surface area (Å²) in [6.45, 7) is 1.71. The predicted octanol–water partition coefficient (Wildman–Crippen LogP) is 2.17. The van der Waals surface area contributed by atoms with Gasteiger partial charge in [0, 0.05) is 10.0 Å². The first kappa shape index (κ1) is 18.7. The number of anilines is 1. The first-order valence-corrected chi connectivity index (χ1v) is 8.96. The topological polar surface area (TPSA) is 102 Å². The van der Waals surface area contributed by atoms with E-state index in [2.05, 4.69) is 42.0 Å². The van der Waals surface area contributed by atoms with Gasteiger partial charge in [-0.3, -0.25) is 9.59 Å². The normalized spacial score (nSPS) is 10.4. The van der Waals surface area contributed by atoms with E-state index >= 15 is 0 Å². The van der Waals surface area contributed by atoms with Gasteiger partial charge < -0.3 is 10.6 Å². The molecule has 0 saturated carbocycles. The molecule has 2 N–H and O–H groups in total. The monoisotopic (exact) mass is 428 g/mol. The Bertz CT molecular complexity index is 954. The molecule has 0 spiro atoms. The lowest BCUT2D eigenvalue weighted by atomic mass is 10.1. The van der Waals surface area contributed by atoms with Crippen LogP contribution in [0.4, 0.5) is 5.69 Å². The van der Waals surface area contributed by atoms with Crippen molar-refractivity contribution in [3.8, 4) is 11.4 Å². The molecule has 0 saturated heterocycles. The number of aryl methyl sites for hydroxylation is 1. The van der Waals surface area contributed by atoms with Crippen LogP contribution in [0.5, 0.6) is 0 Å². The molecule has 0 aliphatic carbocycles. The average Bonchev–Trinajstić information content (AvgIpc) is 3.11. The Morgan fingerprint density at radius 1 is 1.07 bits per heavy atom. The molecule has 0 fully saturated rings. The van der Waals surface area contributed by atoms with Crippen molar-refractivity contribution in [3.63, 3.8) is 0 Å². The number of benzene rings is 2. The van der Waals surface area contributed by atoms with E-state index in [1.54, 1.807) is 12.1 Å². The second kappa shape index (κ2) is 8.54. The van der Waals surface area contributed by atoms with Crippen LogP contribution >= 0.6 is 15.9 Å². The van der Waals surface area contributed by atoms with Gasteiger partial charge in [0.05, 0.1) is 12.2 Å². The number of rotatable bonds is 6. The highest BCUT2D eigenvalue weighted by molar-refractivity contribution is 9.10. The van der Waals surface area contributed by atoms with Crippen LogP contribution < -0.4 is 10.6 Å². The van der Waals surface area contributed by atoms with Crippen LogP contribution in [0.3, 0.4) is 0 Å². The molecular formula is C18H17BrN6O2. The molecule has 0 aliphatic rings. The van der Waals surface area contributed by atoms with E-state index < -0.39 is 0 Å². The van der Waals surface area contributed by atoms with Crippen LogP contribution in [0, 0.1) is 6.92 Å². The zero-order chi connectivity index (χ0) is 19.2. The maximum Gasteiger partial charge on any atom is 0.244 e. The molecule has 0 aliphatic heterocycles. The molecular weight excluding hydrogens is 412 g/mol. The quantitative estimate of drug-likeness (QED) is 0.626. The van der Waals surface area contributed by atoms with Crippen molar-refractivity contribution < 1.29 is 9.59 Å². The van der Waals surface area contributed by atoms with Gasteiger partial charge in [0.15, 0.2) is 0 Å². The highest BCUT2D eigenvalue weighted by Gasteiger charge is 2.11. The van der Waals surface area contributed by atoms with E-state index in [0.29, 0.717) is 11.5 Å². The molecule has 0 bridgehead atoms. The standard InChI is InChI=1S/C18H17BrN6O2/c1-12-6-8-13(9-7-12)18-22-24-25(23-18)11-17(27)20-10-16(26)21-15-5-3-2-4-14(15)19/h2-9H,10-11H2,1H3,(H,20,27)(H,21,26). The number of tetrazole rings is 1. The molecule has 138 valence electrons. The van der Waals surface area contributed by atoms with Crippen molar-refractivity contribution in [2.24, 2.45) is 0 Å². The number of nitrogens with one attached hydrogen (secondary N) is 2. The Labute approximate surface area is 164 Å². The summed E-state index contributed by atoms with van der Waals surface area (Å²) in [5.74, 6) is -0.276. The maximum atomic E-state index is 12.0. The Balaban J connectivity index is 1.50. The first-order valence-electron chi connectivity index (χ1n) is 8.17. The summed E-state index contributed by atoms with van der Waals surface area (Å²) < 4.78 is 0.764. The smallest absolute Gasteiger partial charge is 0.244 e. The van der Waals surface area contributed by atoms with Crippen LogP contribution in [-0.2, 0) is 16.1 Å². The van der Waals surface area contributed by atoms with Crippen LogP contribution in [-0.4, -0.2) is 38.6 Å². The van der Waals surface area contributed by atoms with E-state index in [9.17, 15) is 9.59 Å². The summed E-state index contributed by atoms with van der Waals surface area (Å²) in [5, 5.41) is 17.2. The fourth-order valence-corrected chi connectivity index (χ4v) is 2.63. The molecule has 8 nitrogen and oxygen atoms in total. The third-order valence-electron chi connectivity index (χ3n) is 3.64. The molecule has 9 heteroatoms. The number of hydrogen-bond donors (Lipinski definition) is 2. The Hall–Kier alpha value is -3.07. The minimum Gasteiger partial charge on any atom is -0.345 e. The molecule has 1 heterocycles. The molecule has 27 heavy (non-hydrogen) atoms. The van der Waals surface area contributed by atoms with Gasteiger partial charge in [-0.25, -0.2) is 0 Å². The molecule has 2 aromatic carbocycles. The third kappa shape index (κ3) is 5.20. The zero-order valence-electron chi connectivity index (χ0n) is 14.5. The average molecular weight is 429 g/mol. The van der Waals surface area contributed by atoms with Crippen molar-refractivity contribution in [1.82, 2.24) is 25.5 Å². The summed E-state index contributed by atoms with van der Waals surface area (Å²) >= 11 is 3.35. The zero-order valence-corrected chi connectivity index (χ0v) is 16.1. The summed E-state index contributed by atoms with van der Waals surface area (Å²) in [7, 11) is 0. The lowest BCUT2D eigenvalue weighted by Gasteiger charge is -2.08. The van der Waals surface area contributed by atoms with Gasteiger partial charge in [0.25, 0.3) is 0 Å². The number of hydrogen-bond acceptors (Lipinski definition) is 5. The number of carbonyl (C=O) groups excluding carboxylic acids is 2. The number of para-hydroxylation sites is 1. The number of halogens is 1. The van der Waals surface area contributed by atoms with E-state index in [1.807, 2.05) is 43.3 Å². The van der Waals surface area contributed by atoms with E-state index in [0.717, 1.165) is 15.6 Å². The lowest BCUT2D eigenvalue weighted by molar-refractivity contribution is -0.124. The van der Waals surface area contributed by atoms with E-state index in [-0.39, 0.29) is 24.9 Å². The van der Waals surface area contributed by atoms with E-state index in [4.69, 9.17) is 0 Å². The maximum absolute atomic E-state index is 12.0. The largest absolute Gasteiger partial charge is 0.345 e. The molecule has 1 aromatic heterocycles. The Morgan fingerprint density at radius 2 is 1.81 bits per heavy atom. The molecule has 3 rings (SSSR count). The fraction of sp³-hybridized carbons (Fsp3) is 0.167. The van der Waals surface area contributed by atoms with Crippen LogP contribution in [0.2, 0.25) is 0 Å². The highest BCUT2D eigenvalue weighted by atomic mass is 79.9. The van der Waals surface area contributed by atoms with Crippen LogP contribution in [0.25, 0.3) is 11.4 Å². The third-order valence-corrected chi connectivity index (χ3v) is 4.33. The van der Waals surface area contributed by atoms with Crippen molar-refractivity contribution >= 4 is 33.4 Å². The number of aromatic nitrogens is 4. The molecule has 0 atom stereocenters. The number of carbonyl (C=O) groups is 2. The van der Waals surface area contributed by atoms with Gasteiger partial charge in [-0.15, -0.1) is 10.2 Å². The van der Waals surface area contributed by atoms with Gasteiger partial charge in [0.2, 0.25) is 17.6 Å². The molecule has 3 aromatic rings. The number of nitrogens with zero attached hydrogens (tertiary/aromatic N) is 4. The fourth-order valence-electron chi connectivity index (χ4n) is 2.25. The first-order chi connectivity index (χ1) is 13.0.